The quantitative estimate of drug-likeness (QED) is 0.609. The molecule has 0 N–H and O–H groups in total. The fraction of sp³-hybridized carbons (Fsp3) is 0.440. The van der Waals surface area contributed by atoms with Gasteiger partial charge in [-0.25, -0.2) is 0 Å². The lowest BCUT2D eigenvalue weighted by Gasteiger charge is -2.24. The molecular formula is C25H27ClO3. The number of hydrogen-bond donors (Lipinski definition) is 0. The van der Waals surface area contributed by atoms with Gasteiger partial charge < -0.3 is 4.74 Å². The highest BCUT2D eigenvalue weighted by atomic mass is 35.5. The van der Waals surface area contributed by atoms with E-state index in [0.29, 0.717) is 17.4 Å². The second-order valence-corrected chi connectivity index (χ2v) is 8.96. The molecule has 2 aromatic rings. The molecule has 2 aromatic carbocycles. The Morgan fingerprint density at radius 1 is 0.966 bits per heavy atom. The summed E-state index contributed by atoms with van der Waals surface area (Å²) < 4.78 is 5.43. The van der Waals surface area contributed by atoms with Crippen molar-refractivity contribution in [1.29, 1.82) is 0 Å². The van der Waals surface area contributed by atoms with Gasteiger partial charge in [0.2, 0.25) is 0 Å². The molecule has 1 saturated heterocycles. The molecule has 0 aromatic heterocycles. The van der Waals surface area contributed by atoms with Crippen molar-refractivity contribution in [2.45, 2.75) is 45.4 Å². The van der Waals surface area contributed by atoms with Gasteiger partial charge in [-0.05, 0) is 79.0 Å². The van der Waals surface area contributed by atoms with E-state index in [1.54, 1.807) is 0 Å². The van der Waals surface area contributed by atoms with E-state index in [9.17, 15) is 9.59 Å². The van der Waals surface area contributed by atoms with Crippen LogP contribution >= 0.6 is 11.6 Å². The number of halogens is 1. The van der Waals surface area contributed by atoms with Crippen molar-refractivity contribution in [1.82, 2.24) is 0 Å². The second-order valence-electron chi connectivity index (χ2n) is 8.52. The van der Waals surface area contributed by atoms with Crippen LogP contribution in [0.4, 0.5) is 0 Å². The van der Waals surface area contributed by atoms with E-state index in [4.69, 9.17) is 16.3 Å². The standard InChI is InChI=1S/C25H27ClO3/c1-15-11-19(18-3-5-21(26)6-4-18)12-16(2)23(15)24-22(27)14-20(25(24)28)13-17-7-9-29-10-8-17/h3-6,11-12,17,20,24H,7-10,13-14H2,1-2H3. The van der Waals surface area contributed by atoms with Crippen LogP contribution in [0.1, 0.15) is 48.3 Å². The van der Waals surface area contributed by atoms with Gasteiger partial charge in [0.05, 0.1) is 0 Å². The molecule has 3 nitrogen and oxygen atoms in total. The van der Waals surface area contributed by atoms with Gasteiger partial charge in [0.15, 0.2) is 5.78 Å². The number of ether oxygens (including phenoxy) is 1. The Balaban J connectivity index is 1.59. The Hall–Kier alpha value is -1.97. The monoisotopic (exact) mass is 410 g/mol. The van der Waals surface area contributed by atoms with E-state index >= 15 is 0 Å². The summed E-state index contributed by atoms with van der Waals surface area (Å²) in [4.78, 5) is 26.1. The summed E-state index contributed by atoms with van der Waals surface area (Å²) in [7, 11) is 0. The fourth-order valence-corrected chi connectivity index (χ4v) is 5.11. The van der Waals surface area contributed by atoms with Crippen LogP contribution in [-0.4, -0.2) is 24.8 Å². The number of benzene rings is 2. The zero-order valence-corrected chi connectivity index (χ0v) is 17.8. The normalized spacial score (nSPS) is 23.0. The topological polar surface area (TPSA) is 43.4 Å². The molecule has 1 heterocycles. The fourth-order valence-electron chi connectivity index (χ4n) is 4.98. The lowest BCUT2D eigenvalue weighted by Crippen LogP contribution is -2.22. The highest BCUT2D eigenvalue weighted by Crippen LogP contribution is 2.40. The van der Waals surface area contributed by atoms with Crippen molar-refractivity contribution in [2.75, 3.05) is 13.2 Å². The Morgan fingerprint density at radius 2 is 1.59 bits per heavy atom. The molecule has 1 aliphatic carbocycles. The highest BCUT2D eigenvalue weighted by Gasteiger charge is 2.43. The Morgan fingerprint density at radius 3 is 2.21 bits per heavy atom. The van der Waals surface area contributed by atoms with Crippen LogP contribution in [0.2, 0.25) is 5.02 Å². The van der Waals surface area contributed by atoms with Gasteiger partial charge in [0.25, 0.3) is 0 Å². The predicted molar refractivity (Wildman–Crippen MR) is 115 cm³/mol. The molecule has 2 aliphatic rings. The van der Waals surface area contributed by atoms with Crippen LogP contribution < -0.4 is 0 Å². The third-order valence-corrected chi connectivity index (χ3v) is 6.73. The minimum atomic E-state index is -0.598. The first-order valence-corrected chi connectivity index (χ1v) is 10.8. The first-order chi connectivity index (χ1) is 13.9. The maximum atomic E-state index is 13.2. The highest BCUT2D eigenvalue weighted by molar-refractivity contribution is 6.30. The molecule has 1 aliphatic heterocycles. The van der Waals surface area contributed by atoms with Crippen molar-refractivity contribution in [3.63, 3.8) is 0 Å². The smallest absolute Gasteiger partial charge is 0.151 e. The maximum absolute atomic E-state index is 13.2. The average molecular weight is 411 g/mol. The predicted octanol–water partition coefficient (Wildman–Crippen LogP) is 5.68. The largest absolute Gasteiger partial charge is 0.381 e. The van der Waals surface area contributed by atoms with E-state index in [0.717, 1.165) is 60.3 Å². The van der Waals surface area contributed by atoms with Crippen LogP contribution in [0.5, 0.6) is 0 Å². The van der Waals surface area contributed by atoms with Crippen LogP contribution in [-0.2, 0) is 14.3 Å². The summed E-state index contributed by atoms with van der Waals surface area (Å²) in [6.45, 7) is 5.56. The lowest BCUT2D eigenvalue weighted by atomic mass is 9.83. The van der Waals surface area contributed by atoms with Crippen LogP contribution in [0.3, 0.4) is 0 Å². The van der Waals surface area contributed by atoms with Gasteiger partial charge >= 0.3 is 0 Å². The van der Waals surface area contributed by atoms with Gasteiger partial charge in [0.1, 0.15) is 11.7 Å². The number of carbonyl (C=O) groups excluding carboxylic acids is 2. The molecule has 0 amide bonds. The van der Waals surface area contributed by atoms with Crippen LogP contribution in [0.15, 0.2) is 36.4 Å². The molecule has 0 spiro atoms. The maximum Gasteiger partial charge on any atom is 0.151 e. The number of ketones is 2. The summed E-state index contributed by atoms with van der Waals surface area (Å²) >= 11 is 6.01. The van der Waals surface area contributed by atoms with E-state index < -0.39 is 5.92 Å². The molecule has 2 atom stereocenters. The molecule has 2 fully saturated rings. The van der Waals surface area contributed by atoms with E-state index in [1.807, 2.05) is 38.1 Å². The van der Waals surface area contributed by atoms with Crippen molar-refractivity contribution < 1.29 is 14.3 Å². The summed E-state index contributed by atoms with van der Waals surface area (Å²) in [6.07, 6.45) is 3.21. The van der Waals surface area contributed by atoms with Gasteiger partial charge in [-0.1, -0.05) is 35.9 Å². The van der Waals surface area contributed by atoms with E-state index in [2.05, 4.69) is 12.1 Å². The minimum Gasteiger partial charge on any atom is -0.381 e. The summed E-state index contributed by atoms with van der Waals surface area (Å²) in [5.41, 5.74) is 5.08. The first kappa shape index (κ1) is 20.3. The second kappa shape index (κ2) is 8.41. The average Bonchev–Trinajstić information content (AvgIpc) is 2.96. The number of rotatable bonds is 4. The molecule has 0 bridgehead atoms. The number of hydrogen-bond acceptors (Lipinski definition) is 3. The molecule has 29 heavy (non-hydrogen) atoms. The number of aryl methyl sites for hydroxylation is 2. The molecule has 152 valence electrons. The van der Waals surface area contributed by atoms with Gasteiger partial charge in [-0.15, -0.1) is 0 Å². The third-order valence-electron chi connectivity index (χ3n) is 6.48. The molecular weight excluding hydrogens is 384 g/mol. The zero-order valence-electron chi connectivity index (χ0n) is 17.0. The number of Topliss-reactive ketones (excluding diaryl/α,β-unsaturated/α-hetero) is 2. The molecule has 1 saturated carbocycles. The minimum absolute atomic E-state index is 0.0810. The molecule has 2 unspecified atom stereocenters. The number of carbonyl (C=O) groups is 2. The Bertz CT molecular complexity index is 903. The summed E-state index contributed by atoms with van der Waals surface area (Å²) in [6, 6.07) is 11.9. The first-order valence-electron chi connectivity index (χ1n) is 10.5. The Kier molecular flexibility index (Phi) is 5.89. The third kappa shape index (κ3) is 4.17. The van der Waals surface area contributed by atoms with Crippen molar-refractivity contribution >= 4 is 23.2 Å². The van der Waals surface area contributed by atoms with Crippen molar-refractivity contribution in [3.8, 4) is 11.1 Å². The van der Waals surface area contributed by atoms with Crippen molar-refractivity contribution in [3.05, 3.63) is 58.1 Å². The van der Waals surface area contributed by atoms with E-state index in [1.165, 1.54) is 0 Å². The Labute approximate surface area is 177 Å². The van der Waals surface area contributed by atoms with Crippen molar-refractivity contribution in [2.24, 2.45) is 11.8 Å². The van der Waals surface area contributed by atoms with Crippen LogP contribution in [0.25, 0.3) is 11.1 Å². The molecule has 4 rings (SSSR count). The lowest BCUT2D eigenvalue weighted by molar-refractivity contribution is -0.125. The SMILES string of the molecule is Cc1cc(-c2ccc(Cl)cc2)cc(C)c1C1C(=O)CC(CC2CCOCC2)C1=O. The zero-order chi connectivity index (χ0) is 20.5. The summed E-state index contributed by atoms with van der Waals surface area (Å²) in [5, 5.41) is 0.705. The van der Waals surface area contributed by atoms with Gasteiger partial charge in [0, 0.05) is 30.6 Å². The molecule has 4 heteroatoms. The van der Waals surface area contributed by atoms with E-state index in [-0.39, 0.29) is 17.5 Å². The van der Waals surface area contributed by atoms with Gasteiger partial charge in [-0.2, -0.15) is 0 Å². The van der Waals surface area contributed by atoms with Crippen LogP contribution in [0, 0.1) is 25.7 Å². The summed E-state index contributed by atoms with van der Waals surface area (Å²) in [5.74, 6) is -0.0346. The van der Waals surface area contributed by atoms with Gasteiger partial charge in [-0.3, -0.25) is 9.59 Å². The molecule has 0 radical (unpaired) electrons.